The normalized spacial score (nSPS) is 22.9. The minimum Gasteiger partial charge on any atom is -0.377 e. The first-order chi connectivity index (χ1) is 7.31. The number of nitrogens with one attached hydrogen (secondary N) is 1. The summed E-state index contributed by atoms with van der Waals surface area (Å²) in [6.45, 7) is 4.35. The van der Waals surface area contributed by atoms with Gasteiger partial charge in [-0.2, -0.15) is 0 Å². The molecule has 82 valence electrons. The van der Waals surface area contributed by atoms with E-state index in [4.69, 9.17) is 4.74 Å². The van der Waals surface area contributed by atoms with Gasteiger partial charge >= 0.3 is 0 Å². The summed E-state index contributed by atoms with van der Waals surface area (Å²) in [5.41, 5.74) is 2.71. The Balaban J connectivity index is 2.09. The van der Waals surface area contributed by atoms with Gasteiger partial charge in [-0.05, 0) is 36.9 Å². The summed E-state index contributed by atoms with van der Waals surface area (Å²) in [5.74, 6) is 0.705. The van der Waals surface area contributed by atoms with Crippen LogP contribution in [-0.4, -0.2) is 20.2 Å². The average Bonchev–Trinajstić information content (AvgIpc) is 2.82. The number of hydrogen-bond acceptors (Lipinski definition) is 2. The molecule has 2 rings (SSSR count). The topological polar surface area (TPSA) is 21.3 Å². The van der Waals surface area contributed by atoms with Crippen molar-refractivity contribution in [3.05, 3.63) is 35.4 Å². The molecule has 15 heavy (non-hydrogen) atoms. The molecule has 2 atom stereocenters. The van der Waals surface area contributed by atoms with Crippen molar-refractivity contribution < 1.29 is 4.74 Å². The molecule has 1 aromatic carbocycles. The predicted octanol–water partition coefficient (Wildman–Crippen LogP) is 2.47. The minimum absolute atomic E-state index is 0.195. The van der Waals surface area contributed by atoms with E-state index in [1.165, 1.54) is 17.5 Å². The van der Waals surface area contributed by atoms with Crippen LogP contribution >= 0.6 is 0 Å². The fourth-order valence-electron chi connectivity index (χ4n) is 2.11. The third kappa shape index (κ3) is 2.39. The molecule has 0 amide bonds. The number of benzene rings is 1. The first-order valence-corrected chi connectivity index (χ1v) is 5.64. The molecular weight excluding hydrogens is 186 g/mol. The Kier molecular flexibility index (Phi) is 3.39. The van der Waals surface area contributed by atoms with Gasteiger partial charge in [-0.25, -0.2) is 0 Å². The summed E-state index contributed by atoms with van der Waals surface area (Å²) < 4.78 is 5.29. The van der Waals surface area contributed by atoms with Crippen molar-refractivity contribution >= 4 is 0 Å². The van der Waals surface area contributed by atoms with Crippen molar-refractivity contribution in [2.75, 3.05) is 20.2 Å². The van der Waals surface area contributed by atoms with E-state index < -0.39 is 0 Å². The van der Waals surface area contributed by atoms with Gasteiger partial charge in [0.1, 0.15) is 0 Å². The summed E-state index contributed by atoms with van der Waals surface area (Å²) >= 11 is 0. The van der Waals surface area contributed by atoms with Crippen molar-refractivity contribution in [1.29, 1.82) is 0 Å². The maximum atomic E-state index is 5.29. The highest BCUT2D eigenvalue weighted by atomic mass is 16.5. The van der Waals surface area contributed by atoms with Crippen molar-refractivity contribution in [1.82, 2.24) is 5.32 Å². The van der Waals surface area contributed by atoms with Gasteiger partial charge in [0.2, 0.25) is 0 Å². The SMILES string of the molecule is COC(C)c1ccc(C2CCNC2)cc1. The highest BCUT2D eigenvalue weighted by Crippen LogP contribution is 2.24. The molecule has 2 unspecified atom stereocenters. The van der Waals surface area contributed by atoms with Crippen LogP contribution in [0.4, 0.5) is 0 Å². The lowest BCUT2D eigenvalue weighted by atomic mass is 9.96. The largest absolute Gasteiger partial charge is 0.377 e. The molecule has 0 saturated carbocycles. The standard InChI is InChI=1S/C13H19NO/c1-10(15-2)11-3-5-12(6-4-11)13-7-8-14-9-13/h3-6,10,13-14H,7-9H2,1-2H3. The monoisotopic (exact) mass is 205 g/mol. The molecule has 1 aliphatic heterocycles. The number of hydrogen-bond donors (Lipinski definition) is 1. The quantitative estimate of drug-likeness (QED) is 0.818. The van der Waals surface area contributed by atoms with E-state index in [9.17, 15) is 0 Å². The molecule has 1 aliphatic rings. The zero-order valence-corrected chi connectivity index (χ0v) is 9.49. The van der Waals surface area contributed by atoms with Crippen LogP contribution in [0.5, 0.6) is 0 Å². The molecule has 0 spiro atoms. The second-order valence-electron chi connectivity index (χ2n) is 4.23. The zero-order chi connectivity index (χ0) is 10.7. The molecule has 1 aromatic rings. The van der Waals surface area contributed by atoms with Crippen molar-refractivity contribution in [3.63, 3.8) is 0 Å². The van der Waals surface area contributed by atoms with E-state index in [1.807, 2.05) is 0 Å². The van der Waals surface area contributed by atoms with Crippen LogP contribution < -0.4 is 5.32 Å². The lowest BCUT2D eigenvalue weighted by Gasteiger charge is -2.12. The van der Waals surface area contributed by atoms with Gasteiger partial charge in [-0.3, -0.25) is 0 Å². The van der Waals surface area contributed by atoms with Gasteiger partial charge in [0.15, 0.2) is 0 Å². The summed E-state index contributed by atoms with van der Waals surface area (Å²) in [5, 5.41) is 3.39. The Morgan fingerprint density at radius 1 is 1.33 bits per heavy atom. The molecule has 2 nitrogen and oxygen atoms in total. The molecule has 1 saturated heterocycles. The maximum absolute atomic E-state index is 5.29. The highest BCUT2D eigenvalue weighted by molar-refractivity contribution is 5.27. The second kappa shape index (κ2) is 4.77. The maximum Gasteiger partial charge on any atom is 0.0793 e. The molecule has 0 bridgehead atoms. The Morgan fingerprint density at radius 2 is 2.07 bits per heavy atom. The van der Waals surface area contributed by atoms with Crippen molar-refractivity contribution in [2.24, 2.45) is 0 Å². The Bertz CT molecular complexity index is 301. The van der Waals surface area contributed by atoms with Crippen LogP contribution in [0.2, 0.25) is 0 Å². The fourth-order valence-corrected chi connectivity index (χ4v) is 2.11. The van der Waals surface area contributed by atoms with Gasteiger partial charge in [-0.1, -0.05) is 24.3 Å². The summed E-state index contributed by atoms with van der Waals surface area (Å²) in [6, 6.07) is 8.84. The minimum atomic E-state index is 0.195. The lowest BCUT2D eigenvalue weighted by Crippen LogP contribution is -2.08. The van der Waals surface area contributed by atoms with Crippen molar-refractivity contribution in [3.8, 4) is 0 Å². The van der Waals surface area contributed by atoms with Crippen LogP contribution in [0.25, 0.3) is 0 Å². The van der Waals surface area contributed by atoms with Gasteiger partial charge in [-0.15, -0.1) is 0 Å². The fraction of sp³-hybridized carbons (Fsp3) is 0.538. The molecule has 1 fully saturated rings. The van der Waals surface area contributed by atoms with Crippen molar-refractivity contribution in [2.45, 2.75) is 25.4 Å². The van der Waals surface area contributed by atoms with Crippen LogP contribution in [0.3, 0.4) is 0 Å². The van der Waals surface area contributed by atoms with Crippen LogP contribution in [0.15, 0.2) is 24.3 Å². The molecule has 0 aromatic heterocycles. The lowest BCUT2D eigenvalue weighted by molar-refractivity contribution is 0.119. The third-order valence-corrected chi connectivity index (χ3v) is 3.29. The van der Waals surface area contributed by atoms with Crippen LogP contribution in [0.1, 0.15) is 36.5 Å². The molecule has 0 radical (unpaired) electrons. The number of rotatable bonds is 3. The molecule has 1 N–H and O–H groups in total. The van der Waals surface area contributed by atoms with E-state index in [0.29, 0.717) is 5.92 Å². The van der Waals surface area contributed by atoms with E-state index in [1.54, 1.807) is 7.11 Å². The first-order valence-electron chi connectivity index (χ1n) is 5.64. The molecule has 0 aliphatic carbocycles. The summed E-state index contributed by atoms with van der Waals surface area (Å²) in [7, 11) is 1.75. The van der Waals surface area contributed by atoms with Gasteiger partial charge in [0.05, 0.1) is 6.10 Å². The average molecular weight is 205 g/mol. The second-order valence-corrected chi connectivity index (χ2v) is 4.23. The smallest absolute Gasteiger partial charge is 0.0793 e. The molecule has 2 heteroatoms. The summed E-state index contributed by atoms with van der Waals surface area (Å²) in [6.07, 6.45) is 1.46. The van der Waals surface area contributed by atoms with Crippen LogP contribution in [0, 0.1) is 0 Å². The van der Waals surface area contributed by atoms with E-state index in [2.05, 4.69) is 36.5 Å². The predicted molar refractivity (Wildman–Crippen MR) is 62.1 cm³/mol. The number of ether oxygens (including phenoxy) is 1. The Labute approximate surface area is 91.6 Å². The molecule has 1 heterocycles. The molecular formula is C13H19NO. The van der Waals surface area contributed by atoms with Gasteiger partial charge in [0.25, 0.3) is 0 Å². The van der Waals surface area contributed by atoms with E-state index in [-0.39, 0.29) is 6.10 Å². The van der Waals surface area contributed by atoms with Gasteiger partial charge in [0, 0.05) is 13.7 Å². The Hall–Kier alpha value is -0.860. The third-order valence-electron chi connectivity index (χ3n) is 3.29. The highest BCUT2D eigenvalue weighted by Gasteiger charge is 2.16. The van der Waals surface area contributed by atoms with Crippen LogP contribution in [-0.2, 0) is 4.74 Å². The summed E-state index contributed by atoms with van der Waals surface area (Å²) in [4.78, 5) is 0. The Morgan fingerprint density at radius 3 is 2.60 bits per heavy atom. The first kappa shape index (κ1) is 10.7. The van der Waals surface area contributed by atoms with E-state index in [0.717, 1.165) is 13.1 Å². The number of methoxy groups -OCH3 is 1. The van der Waals surface area contributed by atoms with Gasteiger partial charge < -0.3 is 10.1 Å². The zero-order valence-electron chi connectivity index (χ0n) is 9.49. The van der Waals surface area contributed by atoms with E-state index >= 15 is 0 Å².